The molecule has 4 heteroatoms. The average molecular weight is 650 g/mol. The van der Waals surface area contributed by atoms with Crippen LogP contribution in [0.5, 0.6) is 0 Å². The van der Waals surface area contributed by atoms with Crippen molar-refractivity contribution in [1.29, 1.82) is 0 Å². The van der Waals surface area contributed by atoms with Gasteiger partial charge in [0.2, 0.25) is 5.91 Å². The second kappa shape index (κ2) is 40.1. The lowest BCUT2D eigenvalue weighted by Gasteiger charge is -2.07. The lowest BCUT2D eigenvalue weighted by Crippen LogP contribution is -2.24. The Morgan fingerprint density at radius 3 is 1.04 bits per heavy atom. The number of nitrogens with one attached hydrogen (secondary N) is 1. The van der Waals surface area contributed by atoms with Crippen LogP contribution in [-0.4, -0.2) is 25.0 Å². The summed E-state index contributed by atoms with van der Waals surface area (Å²) in [6.45, 7) is 5.91. The Labute approximate surface area is 289 Å². The minimum absolute atomic E-state index is 0.102. The van der Waals surface area contributed by atoms with Crippen molar-refractivity contribution < 1.29 is 14.3 Å². The van der Waals surface area contributed by atoms with Crippen molar-refractivity contribution in [3.63, 3.8) is 0 Å². The Morgan fingerprint density at radius 1 is 0.370 bits per heavy atom. The van der Waals surface area contributed by atoms with Crippen LogP contribution >= 0.6 is 0 Å². The van der Waals surface area contributed by atoms with Gasteiger partial charge in [-0.15, -0.1) is 0 Å². The zero-order valence-electron chi connectivity index (χ0n) is 31.6. The molecule has 0 aliphatic heterocycles. The molecular weight excluding hydrogens is 566 g/mol. The van der Waals surface area contributed by atoms with Gasteiger partial charge in [0.1, 0.15) is 0 Å². The number of ether oxygens (including phenoxy) is 1. The fraction of sp³-hybridized carbons (Fsp3) is 0.952. The molecule has 0 aliphatic rings. The van der Waals surface area contributed by atoms with E-state index in [1.165, 1.54) is 186 Å². The Hall–Kier alpha value is -1.06. The monoisotopic (exact) mass is 650 g/mol. The lowest BCUT2D eigenvalue weighted by molar-refractivity contribution is -0.144. The lowest BCUT2D eigenvalue weighted by atomic mass is 10.0. The number of hydrogen-bond donors (Lipinski definition) is 1. The molecule has 0 radical (unpaired) electrons. The molecule has 0 bridgehead atoms. The molecule has 0 heterocycles. The molecule has 0 aliphatic carbocycles. The minimum atomic E-state index is -0.102. The second-order valence-electron chi connectivity index (χ2n) is 14.4. The molecule has 0 aromatic rings. The van der Waals surface area contributed by atoms with E-state index in [1.54, 1.807) is 0 Å². The van der Waals surface area contributed by atoms with E-state index in [-0.39, 0.29) is 11.9 Å². The van der Waals surface area contributed by atoms with Crippen LogP contribution in [0.15, 0.2) is 0 Å². The summed E-state index contributed by atoms with van der Waals surface area (Å²) in [5.41, 5.74) is 0. The number of unbranched alkanes of at least 4 members (excludes halogenated alkanes) is 31. The number of hydrogen-bond acceptors (Lipinski definition) is 3. The van der Waals surface area contributed by atoms with Crippen molar-refractivity contribution in [3.8, 4) is 0 Å². The van der Waals surface area contributed by atoms with E-state index in [9.17, 15) is 9.59 Å². The van der Waals surface area contributed by atoms with Gasteiger partial charge in [0.15, 0.2) is 0 Å². The van der Waals surface area contributed by atoms with Crippen molar-refractivity contribution in [3.05, 3.63) is 0 Å². The van der Waals surface area contributed by atoms with Gasteiger partial charge in [-0.1, -0.05) is 206 Å². The normalized spacial score (nSPS) is 11.3. The largest absolute Gasteiger partial charge is 0.466 e. The van der Waals surface area contributed by atoms with Crippen LogP contribution in [0, 0.1) is 0 Å². The molecule has 0 fully saturated rings. The minimum Gasteiger partial charge on any atom is -0.466 e. The summed E-state index contributed by atoms with van der Waals surface area (Å²) >= 11 is 0. The predicted octanol–water partition coefficient (Wildman–Crippen LogP) is 13.7. The standard InChI is InChI=1S/C42H83NO3/c1-3-5-7-9-11-13-15-17-19-21-23-25-27-29-31-35-39-43-41(44)37-33-34-38-42(45)46-40-36-32-30-28-26-24-22-20-18-16-14-12-10-8-6-4-2/h3-40H2,1-2H3,(H,43,44). The third kappa shape index (κ3) is 39.1. The molecule has 0 rings (SSSR count). The summed E-state index contributed by atoms with van der Waals surface area (Å²) in [5, 5.41) is 3.05. The molecular formula is C42H83NO3. The highest BCUT2D eigenvalue weighted by molar-refractivity contribution is 5.75. The fourth-order valence-electron chi connectivity index (χ4n) is 6.45. The summed E-state index contributed by atoms with van der Waals surface area (Å²) < 4.78 is 5.40. The average Bonchev–Trinajstić information content (AvgIpc) is 3.06. The van der Waals surface area contributed by atoms with Gasteiger partial charge in [-0.05, 0) is 25.7 Å². The Balaban J connectivity index is 3.25. The summed E-state index contributed by atoms with van der Waals surface area (Å²) in [7, 11) is 0. The van der Waals surface area contributed by atoms with E-state index >= 15 is 0 Å². The Bertz CT molecular complexity index is 556. The zero-order chi connectivity index (χ0) is 33.4. The van der Waals surface area contributed by atoms with E-state index in [0.717, 1.165) is 38.6 Å². The van der Waals surface area contributed by atoms with E-state index in [0.29, 0.717) is 19.4 Å². The maximum atomic E-state index is 12.1. The maximum Gasteiger partial charge on any atom is 0.305 e. The Kier molecular flexibility index (Phi) is 39.2. The van der Waals surface area contributed by atoms with Crippen LogP contribution in [0.2, 0.25) is 0 Å². The highest BCUT2D eigenvalue weighted by Gasteiger charge is 2.05. The first-order valence-electron chi connectivity index (χ1n) is 21.1. The molecule has 274 valence electrons. The number of carbonyl (C=O) groups is 2. The van der Waals surface area contributed by atoms with E-state index < -0.39 is 0 Å². The van der Waals surface area contributed by atoms with E-state index in [4.69, 9.17) is 4.74 Å². The van der Waals surface area contributed by atoms with E-state index in [1.807, 2.05) is 0 Å². The quantitative estimate of drug-likeness (QED) is 0.0532. The first kappa shape index (κ1) is 44.9. The zero-order valence-corrected chi connectivity index (χ0v) is 31.6. The number of amides is 1. The summed E-state index contributed by atoms with van der Waals surface area (Å²) in [5.74, 6) is 0.0250. The van der Waals surface area contributed by atoms with Crippen LogP contribution in [0.4, 0.5) is 0 Å². The van der Waals surface area contributed by atoms with Gasteiger partial charge in [0, 0.05) is 19.4 Å². The summed E-state index contributed by atoms with van der Waals surface area (Å²) in [4.78, 5) is 24.0. The molecule has 1 amide bonds. The molecule has 0 saturated heterocycles. The van der Waals surface area contributed by atoms with Crippen LogP contribution in [-0.2, 0) is 14.3 Å². The molecule has 46 heavy (non-hydrogen) atoms. The highest BCUT2D eigenvalue weighted by atomic mass is 16.5. The molecule has 0 spiro atoms. The molecule has 4 nitrogen and oxygen atoms in total. The van der Waals surface area contributed by atoms with Gasteiger partial charge in [0.25, 0.3) is 0 Å². The predicted molar refractivity (Wildman–Crippen MR) is 202 cm³/mol. The molecule has 0 saturated carbocycles. The third-order valence-corrected chi connectivity index (χ3v) is 9.65. The first-order chi connectivity index (χ1) is 22.7. The van der Waals surface area contributed by atoms with Crippen LogP contribution in [0.25, 0.3) is 0 Å². The summed E-state index contributed by atoms with van der Waals surface area (Å²) in [6, 6.07) is 0. The maximum absolute atomic E-state index is 12.1. The van der Waals surface area contributed by atoms with Crippen molar-refractivity contribution in [1.82, 2.24) is 5.32 Å². The van der Waals surface area contributed by atoms with Gasteiger partial charge in [0.05, 0.1) is 6.61 Å². The molecule has 0 unspecified atom stereocenters. The number of carbonyl (C=O) groups excluding carboxylic acids is 2. The second-order valence-corrected chi connectivity index (χ2v) is 14.4. The van der Waals surface area contributed by atoms with Crippen molar-refractivity contribution in [2.24, 2.45) is 0 Å². The van der Waals surface area contributed by atoms with E-state index in [2.05, 4.69) is 19.2 Å². The van der Waals surface area contributed by atoms with Gasteiger partial charge < -0.3 is 10.1 Å². The fourth-order valence-corrected chi connectivity index (χ4v) is 6.45. The SMILES string of the molecule is CCCCCCCCCCCCCCCCCCNC(=O)CCCCC(=O)OCCCCCCCCCCCCCCCCCC. The third-order valence-electron chi connectivity index (χ3n) is 9.65. The van der Waals surface area contributed by atoms with Crippen molar-refractivity contribution in [2.45, 2.75) is 245 Å². The van der Waals surface area contributed by atoms with Gasteiger partial charge in [-0.25, -0.2) is 0 Å². The Morgan fingerprint density at radius 2 is 0.674 bits per heavy atom. The molecule has 1 N–H and O–H groups in total. The molecule has 0 aromatic heterocycles. The number of rotatable bonds is 39. The topological polar surface area (TPSA) is 55.4 Å². The first-order valence-corrected chi connectivity index (χ1v) is 21.1. The van der Waals surface area contributed by atoms with Gasteiger partial charge in [-0.2, -0.15) is 0 Å². The smallest absolute Gasteiger partial charge is 0.305 e. The van der Waals surface area contributed by atoms with Gasteiger partial charge in [-0.3, -0.25) is 9.59 Å². The van der Waals surface area contributed by atoms with Gasteiger partial charge >= 0.3 is 5.97 Å². The van der Waals surface area contributed by atoms with Crippen LogP contribution < -0.4 is 5.32 Å². The van der Waals surface area contributed by atoms with Crippen molar-refractivity contribution in [2.75, 3.05) is 13.2 Å². The van der Waals surface area contributed by atoms with Crippen LogP contribution in [0.1, 0.15) is 245 Å². The highest BCUT2D eigenvalue weighted by Crippen LogP contribution is 2.15. The molecule has 0 aromatic carbocycles. The van der Waals surface area contributed by atoms with Crippen molar-refractivity contribution >= 4 is 11.9 Å². The molecule has 0 atom stereocenters. The van der Waals surface area contributed by atoms with Crippen LogP contribution in [0.3, 0.4) is 0 Å². The summed E-state index contributed by atoms with van der Waals surface area (Å²) in [6.07, 6.45) is 45.9. The number of esters is 1.